The zero-order valence-corrected chi connectivity index (χ0v) is 7.87. The highest BCUT2D eigenvalue weighted by Crippen LogP contribution is 2.34. The van der Waals surface area contributed by atoms with Gasteiger partial charge in [0.15, 0.2) is 5.75 Å². The van der Waals surface area contributed by atoms with E-state index >= 15 is 0 Å². The number of aromatic hydroxyl groups is 1. The first kappa shape index (κ1) is 11.2. The number of hydrogen-bond donors (Lipinski definition) is 1. The lowest BCUT2D eigenvalue weighted by Gasteiger charge is -2.10. The van der Waals surface area contributed by atoms with Crippen LogP contribution in [0.25, 0.3) is 0 Å². The molecule has 0 bridgehead atoms. The van der Waals surface area contributed by atoms with Crippen LogP contribution in [0.1, 0.15) is 17.7 Å². The van der Waals surface area contributed by atoms with E-state index in [0.717, 1.165) is 6.20 Å². The molecule has 4 nitrogen and oxygen atoms in total. The van der Waals surface area contributed by atoms with E-state index in [0.29, 0.717) is 0 Å². The Balaban J connectivity index is 3.30. The van der Waals surface area contributed by atoms with E-state index in [4.69, 9.17) is 10.00 Å². The third kappa shape index (κ3) is 2.13. The molecule has 0 amide bonds. The maximum atomic E-state index is 12.3. The maximum absolute atomic E-state index is 12.3. The van der Waals surface area contributed by atoms with Gasteiger partial charge in [-0.05, 0) is 0 Å². The van der Waals surface area contributed by atoms with Crippen molar-refractivity contribution in [1.29, 1.82) is 5.26 Å². The largest absolute Gasteiger partial charge is 0.505 e. The number of ether oxygens (including phenoxy) is 1. The lowest BCUT2D eigenvalue weighted by atomic mass is 10.1. The van der Waals surface area contributed by atoms with Crippen LogP contribution in [0, 0.1) is 11.3 Å². The van der Waals surface area contributed by atoms with Crippen LogP contribution in [0.5, 0.6) is 11.5 Å². The average molecular weight is 214 g/mol. The summed E-state index contributed by atoms with van der Waals surface area (Å²) in [4.78, 5) is 3.36. The van der Waals surface area contributed by atoms with Crippen LogP contribution in [0.4, 0.5) is 8.78 Å². The molecule has 0 aliphatic rings. The molecule has 6 heteroatoms. The topological polar surface area (TPSA) is 66.1 Å². The van der Waals surface area contributed by atoms with Gasteiger partial charge in [-0.1, -0.05) is 0 Å². The molecule has 1 heterocycles. The Morgan fingerprint density at radius 3 is 2.80 bits per heavy atom. The van der Waals surface area contributed by atoms with Crippen molar-refractivity contribution in [2.24, 2.45) is 0 Å². The van der Waals surface area contributed by atoms with E-state index in [-0.39, 0.29) is 17.7 Å². The summed E-state index contributed by atoms with van der Waals surface area (Å²) in [5.74, 6) is -0.552. The molecule has 0 aromatic carbocycles. The van der Waals surface area contributed by atoms with Gasteiger partial charge in [-0.15, -0.1) is 0 Å². The average Bonchev–Trinajstić information content (AvgIpc) is 2.20. The van der Waals surface area contributed by atoms with E-state index in [1.807, 2.05) is 0 Å². The van der Waals surface area contributed by atoms with E-state index in [1.54, 1.807) is 6.07 Å². The third-order valence-electron chi connectivity index (χ3n) is 1.83. The molecule has 1 N–H and O–H groups in total. The predicted octanol–water partition coefficient (Wildman–Crippen LogP) is 1.80. The number of aromatic nitrogens is 1. The summed E-state index contributed by atoms with van der Waals surface area (Å²) in [7, 11) is 1.30. The van der Waals surface area contributed by atoms with Gasteiger partial charge >= 0.3 is 0 Å². The maximum Gasteiger partial charge on any atom is 0.284 e. The van der Waals surface area contributed by atoms with Crippen LogP contribution in [0.15, 0.2) is 6.20 Å². The second-order valence-electron chi connectivity index (χ2n) is 2.67. The van der Waals surface area contributed by atoms with Gasteiger partial charge in [0.1, 0.15) is 11.4 Å². The molecule has 0 aliphatic carbocycles. The number of methoxy groups -OCH3 is 1. The molecule has 1 rings (SSSR count). The molecular weight excluding hydrogens is 206 g/mol. The Kier molecular flexibility index (Phi) is 3.39. The number of nitriles is 1. The summed E-state index contributed by atoms with van der Waals surface area (Å²) in [6.45, 7) is 0. The SMILES string of the molecule is COc1cnc(C(F)F)c(O)c1CC#N. The number of hydrogen-bond acceptors (Lipinski definition) is 4. The van der Waals surface area contributed by atoms with Crippen LogP contribution in [-0.4, -0.2) is 17.2 Å². The summed E-state index contributed by atoms with van der Waals surface area (Å²) in [5.41, 5.74) is -0.702. The Bertz CT molecular complexity index is 402. The van der Waals surface area contributed by atoms with Crippen LogP contribution in [0.3, 0.4) is 0 Å². The van der Waals surface area contributed by atoms with Gasteiger partial charge in [0.25, 0.3) is 6.43 Å². The van der Waals surface area contributed by atoms with Crippen LogP contribution in [-0.2, 0) is 6.42 Å². The fourth-order valence-corrected chi connectivity index (χ4v) is 1.12. The van der Waals surface area contributed by atoms with Gasteiger partial charge in [-0.3, -0.25) is 0 Å². The predicted molar refractivity (Wildman–Crippen MR) is 46.7 cm³/mol. The summed E-state index contributed by atoms with van der Waals surface area (Å²) >= 11 is 0. The van der Waals surface area contributed by atoms with Crippen molar-refractivity contribution < 1.29 is 18.6 Å². The molecule has 0 aliphatic heterocycles. The Morgan fingerprint density at radius 1 is 1.67 bits per heavy atom. The van der Waals surface area contributed by atoms with Crippen molar-refractivity contribution in [3.05, 3.63) is 17.5 Å². The molecule has 0 fully saturated rings. The second-order valence-corrected chi connectivity index (χ2v) is 2.67. The summed E-state index contributed by atoms with van der Waals surface area (Å²) < 4.78 is 29.5. The molecule has 0 spiro atoms. The fraction of sp³-hybridized carbons (Fsp3) is 0.333. The van der Waals surface area contributed by atoms with Crippen LogP contribution < -0.4 is 4.74 Å². The molecule has 1 aromatic heterocycles. The number of halogens is 2. The molecule has 0 atom stereocenters. The molecule has 0 unspecified atom stereocenters. The summed E-state index contributed by atoms with van der Waals surface area (Å²) in [6, 6.07) is 1.75. The molecule has 80 valence electrons. The first-order chi connectivity index (χ1) is 7.11. The monoisotopic (exact) mass is 214 g/mol. The normalized spacial score (nSPS) is 10.1. The van der Waals surface area contributed by atoms with Crippen molar-refractivity contribution in [2.45, 2.75) is 12.8 Å². The van der Waals surface area contributed by atoms with Crippen molar-refractivity contribution in [3.8, 4) is 17.6 Å². The highest BCUT2D eigenvalue weighted by Gasteiger charge is 2.20. The highest BCUT2D eigenvalue weighted by atomic mass is 19.3. The molecule has 1 aromatic rings. The number of alkyl halides is 2. The minimum Gasteiger partial charge on any atom is -0.505 e. The smallest absolute Gasteiger partial charge is 0.284 e. The lowest BCUT2D eigenvalue weighted by molar-refractivity contribution is 0.141. The first-order valence-electron chi connectivity index (χ1n) is 4.01. The van der Waals surface area contributed by atoms with Gasteiger partial charge < -0.3 is 9.84 Å². The Hall–Kier alpha value is -1.90. The summed E-state index contributed by atoms with van der Waals surface area (Å²) in [6.07, 6.45) is -2.03. The molecular formula is C9H8F2N2O2. The van der Waals surface area contributed by atoms with Crippen LogP contribution >= 0.6 is 0 Å². The van der Waals surface area contributed by atoms with Crippen molar-refractivity contribution >= 4 is 0 Å². The standard InChI is InChI=1S/C9H8F2N2O2/c1-15-6-4-13-7(9(10)11)8(14)5(6)2-3-12/h4,9,14H,2H2,1H3. The molecule has 0 radical (unpaired) electrons. The van der Waals surface area contributed by atoms with Gasteiger partial charge in [-0.2, -0.15) is 5.26 Å². The van der Waals surface area contributed by atoms with E-state index in [9.17, 15) is 13.9 Å². The Morgan fingerprint density at radius 2 is 2.33 bits per heavy atom. The fourth-order valence-electron chi connectivity index (χ4n) is 1.12. The first-order valence-corrected chi connectivity index (χ1v) is 4.01. The number of pyridine rings is 1. The van der Waals surface area contributed by atoms with Crippen molar-refractivity contribution in [2.75, 3.05) is 7.11 Å². The van der Waals surface area contributed by atoms with Gasteiger partial charge in [0.2, 0.25) is 0 Å². The highest BCUT2D eigenvalue weighted by molar-refractivity contribution is 5.47. The summed E-state index contributed by atoms with van der Waals surface area (Å²) in [5, 5.41) is 17.9. The second kappa shape index (κ2) is 4.55. The number of rotatable bonds is 3. The van der Waals surface area contributed by atoms with E-state index in [2.05, 4.69) is 4.98 Å². The zero-order valence-electron chi connectivity index (χ0n) is 7.87. The molecule has 15 heavy (non-hydrogen) atoms. The molecule has 0 saturated heterocycles. The van der Waals surface area contributed by atoms with Gasteiger partial charge in [-0.25, -0.2) is 13.8 Å². The number of nitrogens with zero attached hydrogens (tertiary/aromatic N) is 2. The van der Waals surface area contributed by atoms with Gasteiger partial charge in [0, 0.05) is 0 Å². The van der Waals surface area contributed by atoms with Crippen molar-refractivity contribution in [3.63, 3.8) is 0 Å². The lowest BCUT2D eigenvalue weighted by Crippen LogP contribution is -1.99. The minimum atomic E-state index is -2.88. The quantitative estimate of drug-likeness (QED) is 0.833. The third-order valence-corrected chi connectivity index (χ3v) is 1.83. The van der Waals surface area contributed by atoms with Crippen molar-refractivity contribution in [1.82, 2.24) is 4.98 Å². The Labute approximate surface area is 84.7 Å². The van der Waals surface area contributed by atoms with E-state index in [1.165, 1.54) is 7.11 Å². The van der Waals surface area contributed by atoms with E-state index < -0.39 is 17.9 Å². The molecule has 0 saturated carbocycles. The van der Waals surface area contributed by atoms with Gasteiger partial charge in [0.05, 0.1) is 31.4 Å². The van der Waals surface area contributed by atoms with Crippen LogP contribution in [0.2, 0.25) is 0 Å². The minimum absolute atomic E-state index is 0.0327. The zero-order chi connectivity index (χ0) is 11.4.